The van der Waals surface area contributed by atoms with E-state index in [2.05, 4.69) is 5.32 Å². The second-order valence-electron chi connectivity index (χ2n) is 11.6. The Hall–Kier alpha value is -4.78. The van der Waals surface area contributed by atoms with Crippen molar-refractivity contribution in [3.05, 3.63) is 126 Å². The van der Waals surface area contributed by atoms with Crippen LogP contribution in [0.5, 0.6) is 0 Å². The predicted octanol–water partition coefficient (Wildman–Crippen LogP) is 7.45. The number of oxazole rings is 1. The number of amides is 2. The van der Waals surface area contributed by atoms with Crippen LogP contribution in [0.15, 0.2) is 119 Å². The average Bonchev–Trinajstić information content (AvgIpc) is 3.59. The van der Waals surface area contributed by atoms with Crippen molar-refractivity contribution in [3.63, 3.8) is 0 Å². The number of nitrogens with one attached hydrogen (secondary N) is 2. The smallest absolute Gasteiger partial charge is 0.256 e. The molecule has 0 saturated carbocycles. The molecule has 2 heterocycles. The molecule has 6 rings (SSSR count). The van der Waals surface area contributed by atoms with Crippen LogP contribution in [-0.4, -0.2) is 39.0 Å². The number of carbonyl (C=O) groups excluding carboxylic acids is 2. The Bertz CT molecular complexity index is 1780. The summed E-state index contributed by atoms with van der Waals surface area (Å²) < 4.78 is 19.4. The van der Waals surface area contributed by atoms with Crippen molar-refractivity contribution in [2.45, 2.75) is 56.0 Å². The van der Waals surface area contributed by atoms with Gasteiger partial charge in [-0.1, -0.05) is 109 Å². The Morgan fingerprint density at radius 3 is 2.24 bits per heavy atom. The first-order chi connectivity index (χ1) is 24.0. The summed E-state index contributed by atoms with van der Waals surface area (Å²) in [6, 6.07) is 34.9. The highest BCUT2D eigenvalue weighted by Crippen LogP contribution is 2.41. The fourth-order valence-electron chi connectivity index (χ4n) is 5.58. The summed E-state index contributed by atoms with van der Waals surface area (Å²) in [4.78, 5) is 28.7. The molecule has 1 aromatic heterocycles. The number of aromatic nitrogens is 1. The molecule has 11 heteroatoms. The maximum absolute atomic E-state index is 12.5. The first-order valence-electron chi connectivity index (χ1n) is 16.1. The van der Waals surface area contributed by atoms with E-state index in [1.54, 1.807) is 11.5 Å². The number of benzene rings is 4. The minimum atomic E-state index is -0.726. The quantitative estimate of drug-likeness (QED) is 0.0567. The van der Waals surface area contributed by atoms with Gasteiger partial charge >= 0.3 is 0 Å². The Kier molecular flexibility index (Phi) is 11.5. The summed E-state index contributed by atoms with van der Waals surface area (Å²) in [6.45, 7) is -0.0456. The molecule has 4 aromatic carbocycles. The monoisotopic (exact) mass is 679 g/mol. The first kappa shape index (κ1) is 34.1. The number of hydroxylamine groups is 1. The summed E-state index contributed by atoms with van der Waals surface area (Å²) in [6.07, 6.45) is -0.214. The fraction of sp³-hybridized carbons (Fsp3) is 0.237. The van der Waals surface area contributed by atoms with Gasteiger partial charge in [-0.05, 0) is 29.7 Å². The molecular weight excluding hydrogens is 642 g/mol. The van der Waals surface area contributed by atoms with Crippen LogP contribution in [0.4, 0.5) is 5.69 Å². The van der Waals surface area contributed by atoms with Gasteiger partial charge in [0, 0.05) is 47.4 Å². The molecule has 0 bridgehead atoms. The minimum Gasteiger partial charge on any atom is -0.431 e. The number of hydrogen-bond donors (Lipinski definition) is 4. The van der Waals surface area contributed by atoms with Crippen LogP contribution in [0.1, 0.15) is 54.8 Å². The molecule has 1 aliphatic heterocycles. The van der Waals surface area contributed by atoms with Crippen molar-refractivity contribution < 1.29 is 33.8 Å². The van der Waals surface area contributed by atoms with Crippen LogP contribution < -0.4 is 10.8 Å². The van der Waals surface area contributed by atoms with Gasteiger partial charge in [0.25, 0.3) is 5.22 Å². The van der Waals surface area contributed by atoms with Crippen molar-refractivity contribution in [1.82, 2.24) is 10.5 Å². The number of thioether (sulfide) groups is 1. The largest absolute Gasteiger partial charge is 0.431 e. The maximum Gasteiger partial charge on any atom is 0.256 e. The Balaban J connectivity index is 1.20. The highest BCUT2D eigenvalue weighted by molar-refractivity contribution is 7.99. The summed E-state index contributed by atoms with van der Waals surface area (Å²) in [5, 5.41) is 21.6. The SMILES string of the molecule is O=C(CCCC(=O)Nc1cccc(C2OC(CSc3nc(-c4ccccc4)c(-c4ccccc4)o3)CC(c3ccc(CO)cc3)O2)c1)NO. The zero-order valence-corrected chi connectivity index (χ0v) is 27.5. The third-order valence-corrected chi connectivity index (χ3v) is 9.03. The Morgan fingerprint density at radius 1 is 0.816 bits per heavy atom. The van der Waals surface area contributed by atoms with Crippen molar-refractivity contribution in [3.8, 4) is 22.6 Å². The van der Waals surface area contributed by atoms with Gasteiger partial charge in [0.2, 0.25) is 11.8 Å². The molecule has 1 aliphatic rings. The molecule has 3 unspecified atom stereocenters. The van der Waals surface area contributed by atoms with E-state index in [0.717, 1.165) is 33.5 Å². The molecule has 5 aromatic rings. The van der Waals surface area contributed by atoms with E-state index >= 15 is 0 Å². The lowest BCUT2D eigenvalue weighted by molar-refractivity contribution is -0.245. The summed E-state index contributed by atoms with van der Waals surface area (Å²) in [5.74, 6) is 0.467. The number of anilines is 1. The average molecular weight is 680 g/mol. The van der Waals surface area contributed by atoms with E-state index in [1.807, 2.05) is 103 Å². The highest BCUT2D eigenvalue weighted by Gasteiger charge is 2.33. The summed E-state index contributed by atoms with van der Waals surface area (Å²) in [5.41, 5.74) is 7.34. The zero-order chi connectivity index (χ0) is 34.0. The summed E-state index contributed by atoms with van der Waals surface area (Å²) in [7, 11) is 0. The van der Waals surface area contributed by atoms with Gasteiger partial charge in [0.15, 0.2) is 12.1 Å². The Morgan fingerprint density at radius 2 is 1.53 bits per heavy atom. The lowest BCUT2D eigenvalue weighted by Crippen LogP contribution is -2.31. The van der Waals surface area contributed by atoms with Gasteiger partial charge in [-0.15, -0.1) is 0 Å². The molecule has 2 amide bonds. The van der Waals surface area contributed by atoms with E-state index < -0.39 is 12.2 Å². The topological polar surface area (TPSA) is 143 Å². The normalized spacial score (nSPS) is 17.4. The first-order valence-corrected chi connectivity index (χ1v) is 17.1. The van der Waals surface area contributed by atoms with Gasteiger partial charge in [0.1, 0.15) is 5.69 Å². The number of aliphatic hydroxyl groups is 1. The molecule has 49 heavy (non-hydrogen) atoms. The van der Waals surface area contributed by atoms with Gasteiger partial charge in [-0.3, -0.25) is 14.8 Å². The number of hydrogen-bond acceptors (Lipinski definition) is 9. The van der Waals surface area contributed by atoms with Crippen LogP contribution in [0.2, 0.25) is 0 Å². The third-order valence-electron chi connectivity index (χ3n) is 8.07. The molecule has 0 radical (unpaired) electrons. The van der Waals surface area contributed by atoms with E-state index in [4.69, 9.17) is 24.1 Å². The Labute approximate surface area is 288 Å². The van der Waals surface area contributed by atoms with Gasteiger partial charge in [0.05, 0.1) is 18.8 Å². The molecule has 4 N–H and O–H groups in total. The standard InChI is InChI=1S/C38H37N3O7S/c42-23-25-17-19-26(20-18-25)32-22-31(46-37(47-32)29-13-7-14-30(21-29)39-33(43)15-8-16-34(44)41-45)24-49-38-40-35(27-9-3-1-4-10-27)36(48-38)28-11-5-2-6-12-28/h1-7,9-14,17-21,31-32,37,42,45H,8,15-16,22-24H2,(H,39,43)(H,41,44). The van der Waals surface area contributed by atoms with Crippen LogP contribution in [-0.2, 0) is 25.7 Å². The lowest BCUT2D eigenvalue weighted by Gasteiger charge is -2.36. The second-order valence-corrected chi connectivity index (χ2v) is 12.6. The van der Waals surface area contributed by atoms with E-state index in [1.165, 1.54) is 11.8 Å². The zero-order valence-electron chi connectivity index (χ0n) is 26.7. The predicted molar refractivity (Wildman–Crippen MR) is 185 cm³/mol. The highest BCUT2D eigenvalue weighted by atomic mass is 32.2. The van der Waals surface area contributed by atoms with Crippen LogP contribution >= 0.6 is 11.8 Å². The molecule has 3 atom stereocenters. The van der Waals surface area contributed by atoms with E-state index in [9.17, 15) is 14.7 Å². The molecule has 1 fully saturated rings. The van der Waals surface area contributed by atoms with Gasteiger partial charge < -0.3 is 24.3 Å². The minimum absolute atomic E-state index is 0.0441. The van der Waals surface area contributed by atoms with Gasteiger partial charge in [-0.25, -0.2) is 10.5 Å². The van der Waals surface area contributed by atoms with Crippen LogP contribution in [0, 0.1) is 0 Å². The van der Waals surface area contributed by atoms with Crippen molar-refractivity contribution in [2.24, 2.45) is 0 Å². The lowest BCUT2D eigenvalue weighted by atomic mass is 10.0. The fourth-order valence-corrected chi connectivity index (χ4v) is 6.42. The van der Waals surface area contributed by atoms with Crippen molar-refractivity contribution >= 4 is 29.3 Å². The third kappa shape index (κ3) is 9.02. The van der Waals surface area contributed by atoms with E-state index in [0.29, 0.717) is 35.3 Å². The van der Waals surface area contributed by atoms with Crippen molar-refractivity contribution in [2.75, 3.05) is 11.1 Å². The van der Waals surface area contributed by atoms with Crippen LogP contribution in [0.3, 0.4) is 0 Å². The molecule has 0 aliphatic carbocycles. The number of carbonyl (C=O) groups is 2. The number of ether oxygens (including phenoxy) is 2. The van der Waals surface area contributed by atoms with Gasteiger partial charge in [-0.2, -0.15) is 0 Å². The number of aliphatic hydroxyl groups excluding tert-OH is 1. The number of nitrogens with zero attached hydrogens (tertiary/aromatic N) is 1. The molecular formula is C38H37N3O7S. The number of rotatable bonds is 13. The van der Waals surface area contributed by atoms with Crippen LogP contribution in [0.25, 0.3) is 22.6 Å². The molecule has 1 saturated heterocycles. The molecule has 0 spiro atoms. The molecule has 252 valence electrons. The second kappa shape index (κ2) is 16.6. The van der Waals surface area contributed by atoms with E-state index in [-0.39, 0.29) is 37.6 Å². The van der Waals surface area contributed by atoms with Crippen molar-refractivity contribution in [1.29, 1.82) is 0 Å². The molecule has 10 nitrogen and oxygen atoms in total. The summed E-state index contributed by atoms with van der Waals surface area (Å²) >= 11 is 1.48. The maximum atomic E-state index is 12.5.